The van der Waals surface area contributed by atoms with Gasteiger partial charge in [-0.3, -0.25) is 9.59 Å². The number of piperidine rings is 1. The molecule has 2 aliphatic carbocycles. The van der Waals surface area contributed by atoms with Gasteiger partial charge in [-0.05, 0) is 87.4 Å². The summed E-state index contributed by atoms with van der Waals surface area (Å²) < 4.78 is 6.56. The number of aliphatic imine (C=N–C) groups is 1. The highest BCUT2D eigenvalue weighted by atomic mass is 32.1. The van der Waals surface area contributed by atoms with Gasteiger partial charge in [0.1, 0.15) is 12.1 Å². The number of benzene rings is 1. The van der Waals surface area contributed by atoms with E-state index in [0.29, 0.717) is 44.2 Å². The minimum absolute atomic E-state index is 0.0155. The first-order valence-electron chi connectivity index (χ1n) is 20.2. The summed E-state index contributed by atoms with van der Waals surface area (Å²) in [6.45, 7) is 6.33. The highest BCUT2D eigenvalue weighted by Gasteiger charge is 2.43. The fourth-order valence-electron chi connectivity index (χ4n) is 9.30. The summed E-state index contributed by atoms with van der Waals surface area (Å²) in [6, 6.07) is 15.2. The van der Waals surface area contributed by atoms with Crippen molar-refractivity contribution in [1.82, 2.24) is 25.3 Å². The molecule has 2 saturated carbocycles. The van der Waals surface area contributed by atoms with Gasteiger partial charge in [-0.15, -0.1) is 11.3 Å². The zero-order chi connectivity index (χ0) is 35.0. The molecule has 9 nitrogen and oxygen atoms in total. The van der Waals surface area contributed by atoms with E-state index in [4.69, 9.17) is 9.73 Å². The summed E-state index contributed by atoms with van der Waals surface area (Å²) in [5.41, 5.74) is 1.11. The maximum Gasteiger partial charge on any atom is 0.288 e. The number of thiophene rings is 1. The second kappa shape index (κ2) is 17.7. The summed E-state index contributed by atoms with van der Waals surface area (Å²) in [5.74, 6) is 0.502. The summed E-state index contributed by atoms with van der Waals surface area (Å²) >= 11 is 1.63. The molecule has 5 aliphatic rings. The number of nitrogens with zero attached hydrogens (tertiary/aromatic N) is 4. The average Bonchev–Trinajstić information content (AvgIpc) is 3.88. The van der Waals surface area contributed by atoms with E-state index in [9.17, 15) is 9.59 Å². The molecule has 0 radical (unpaired) electrons. The molecule has 0 unspecified atom stereocenters. The van der Waals surface area contributed by atoms with Gasteiger partial charge in [-0.2, -0.15) is 0 Å². The van der Waals surface area contributed by atoms with Crippen molar-refractivity contribution in [3.05, 3.63) is 58.3 Å². The van der Waals surface area contributed by atoms with Crippen LogP contribution in [0, 0.1) is 5.92 Å². The lowest BCUT2D eigenvalue weighted by Gasteiger charge is -2.44. The largest absolute Gasteiger partial charge is 0.455 e. The second-order valence-electron chi connectivity index (χ2n) is 15.7. The Morgan fingerprint density at radius 1 is 0.902 bits per heavy atom. The Bertz CT molecular complexity index is 1420. The maximum atomic E-state index is 14.9. The van der Waals surface area contributed by atoms with Crippen LogP contribution >= 0.6 is 11.3 Å². The quantitative estimate of drug-likeness (QED) is 0.276. The molecule has 2 aromatic rings. The van der Waals surface area contributed by atoms with Gasteiger partial charge >= 0.3 is 0 Å². The van der Waals surface area contributed by atoms with Gasteiger partial charge in [-0.1, -0.05) is 81.8 Å². The van der Waals surface area contributed by atoms with E-state index in [0.717, 1.165) is 68.1 Å². The van der Waals surface area contributed by atoms with Gasteiger partial charge in [0.15, 0.2) is 0 Å². The van der Waals surface area contributed by atoms with Crippen molar-refractivity contribution in [1.29, 1.82) is 0 Å². The Morgan fingerprint density at radius 3 is 2.35 bits per heavy atom. The molecule has 4 atom stereocenters. The van der Waals surface area contributed by atoms with Crippen LogP contribution < -0.4 is 10.6 Å². The number of piperazine rings is 1. The van der Waals surface area contributed by atoms with Crippen molar-refractivity contribution in [3.63, 3.8) is 0 Å². The molecule has 10 heteroatoms. The molecule has 0 spiro atoms. The molecule has 7 rings (SSSR count). The van der Waals surface area contributed by atoms with Crippen LogP contribution in [-0.4, -0.2) is 95.5 Å². The van der Waals surface area contributed by atoms with Crippen molar-refractivity contribution in [2.75, 3.05) is 32.7 Å². The van der Waals surface area contributed by atoms with E-state index < -0.39 is 6.04 Å². The average molecular weight is 717 g/mol. The third-order valence-corrected chi connectivity index (χ3v) is 13.2. The minimum atomic E-state index is -0.628. The molecule has 278 valence electrons. The first kappa shape index (κ1) is 36.4. The van der Waals surface area contributed by atoms with Crippen LogP contribution in [0.1, 0.15) is 113 Å². The summed E-state index contributed by atoms with van der Waals surface area (Å²) in [5, 5.41) is 9.11. The van der Waals surface area contributed by atoms with Gasteiger partial charge in [0.05, 0.1) is 25.2 Å². The number of rotatable bonds is 11. The molecule has 1 aromatic heterocycles. The summed E-state index contributed by atoms with van der Waals surface area (Å²) in [6.07, 6.45) is 16.7. The van der Waals surface area contributed by atoms with Crippen LogP contribution in [0.2, 0.25) is 0 Å². The predicted molar refractivity (Wildman–Crippen MR) is 205 cm³/mol. The molecule has 0 bridgehead atoms. The normalized spacial score (nSPS) is 26.5. The molecular weight excluding hydrogens is 657 g/mol. The van der Waals surface area contributed by atoms with Crippen LogP contribution in [-0.2, 0) is 20.9 Å². The number of amidine groups is 1. The van der Waals surface area contributed by atoms with E-state index in [1.54, 1.807) is 11.3 Å². The van der Waals surface area contributed by atoms with Crippen LogP contribution in [0.4, 0.5) is 0 Å². The SMILES string of the molecule is CC[C@@H]1N=C(N2CCN(C(=O)[C@@H](CC3CCN(C4CCCCC4)CC3)NC3CCCCC3)[C@H](C(=O)NCc3cccs3)C2)O[C@H]1c1ccccc1. The van der Waals surface area contributed by atoms with Crippen molar-refractivity contribution in [2.24, 2.45) is 10.9 Å². The fraction of sp³-hybridized carbons (Fsp3) is 0.683. The van der Waals surface area contributed by atoms with Crippen LogP contribution in [0.25, 0.3) is 0 Å². The van der Waals surface area contributed by atoms with Crippen molar-refractivity contribution in [3.8, 4) is 0 Å². The van der Waals surface area contributed by atoms with Crippen LogP contribution in [0.5, 0.6) is 0 Å². The van der Waals surface area contributed by atoms with Crippen molar-refractivity contribution < 1.29 is 14.3 Å². The number of hydrogen-bond acceptors (Lipinski definition) is 8. The van der Waals surface area contributed by atoms with E-state index in [-0.39, 0.29) is 30.0 Å². The van der Waals surface area contributed by atoms with E-state index in [2.05, 4.69) is 39.5 Å². The van der Waals surface area contributed by atoms with Gasteiger partial charge in [0.2, 0.25) is 11.8 Å². The van der Waals surface area contributed by atoms with E-state index >= 15 is 0 Å². The van der Waals surface area contributed by atoms with Gasteiger partial charge in [-0.25, -0.2) is 4.99 Å². The molecule has 4 heterocycles. The first-order chi connectivity index (χ1) is 25.1. The van der Waals surface area contributed by atoms with Gasteiger partial charge in [0.25, 0.3) is 6.02 Å². The number of carbonyl (C=O) groups is 2. The standard InChI is InChI=1S/C41H60N6O3S/c1-2-35-38(31-13-6-3-7-14-31)50-41(44-35)46-24-25-47(37(29-46)39(48)42-28-34-19-12-26-51-34)40(49)36(43-32-15-8-4-9-16-32)27-30-20-22-45(23-21-30)33-17-10-5-11-18-33/h3,6-7,12-14,19,26,30,32-33,35-38,43H,2,4-5,8-11,15-18,20-25,27-29H2,1H3,(H,42,48)/t35-,36+,37-,38-/m0/s1. The van der Waals surface area contributed by atoms with Crippen molar-refractivity contribution >= 4 is 29.2 Å². The third kappa shape index (κ3) is 9.17. The topological polar surface area (TPSA) is 89.5 Å². The summed E-state index contributed by atoms with van der Waals surface area (Å²) in [7, 11) is 0. The fourth-order valence-corrected chi connectivity index (χ4v) is 9.95. The molecule has 2 saturated heterocycles. The lowest BCUT2D eigenvalue weighted by molar-refractivity contribution is -0.145. The Balaban J connectivity index is 1.07. The molecule has 2 amide bonds. The second-order valence-corrected chi connectivity index (χ2v) is 16.7. The Labute approximate surface area is 309 Å². The Hall–Kier alpha value is -2.95. The monoisotopic (exact) mass is 716 g/mol. The number of likely N-dealkylation sites (tertiary alicyclic amines) is 1. The molecule has 1 aromatic carbocycles. The van der Waals surface area contributed by atoms with Crippen molar-refractivity contribution in [2.45, 2.75) is 140 Å². The van der Waals surface area contributed by atoms with E-state index in [1.807, 2.05) is 40.6 Å². The number of carbonyl (C=O) groups excluding carboxylic acids is 2. The zero-order valence-corrected chi connectivity index (χ0v) is 31.5. The number of hydrogen-bond donors (Lipinski definition) is 2. The van der Waals surface area contributed by atoms with Gasteiger partial charge in [0, 0.05) is 30.1 Å². The number of ether oxygens (including phenoxy) is 1. The Morgan fingerprint density at radius 2 is 1.65 bits per heavy atom. The molecule has 4 fully saturated rings. The smallest absolute Gasteiger partial charge is 0.288 e. The maximum absolute atomic E-state index is 14.9. The Kier molecular flexibility index (Phi) is 12.6. The molecular formula is C41H60N6O3S. The van der Waals surface area contributed by atoms with E-state index in [1.165, 1.54) is 51.4 Å². The number of amides is 2. The molecule has 3 aliphatic heterocycles. The van der Waals surface area contributed by atoms with Crippen LogP contribution in [0.15, 0.2) is 52.8 Å². The highest BCUT2D eigenvalue weighted by molar-refractivity contribution is 7.09. The van der Waals surface area contributed by atoms with Gasteiger partial charge < -0.3 is 30.1 Å². The first-order valence-corrected chi connectivity index (χ1v) is 21.1. The molecule has 51 heavy (non-hydrogen) atoms. The predicted octanol–water partition coefficient (Wildman–Crippen LogP) is 6.51. The third-order valence-electron chi connectivity index (χ3n) is 12.3. The highest BCUT2D eigenvalue weighted by Crippen LogP contribution is 2.33. The zero-order valence-electron chi connectivity index (χ0n) is 30.7. The lowest BCUT2D eigenvalue weighted by atomic mass is 9.86. The lowest BCUT2D eigenvalue weighted by Crippen LogP contribution is -2.64. The summed E-state index contributed by atoms with van der Waals surface area (Å²) in [4.78, 5) is 41.9. The molecule has 2 N–H and O–H groups in total. The van der Waals surface area contributed by atoms with Crippen LogP contribution in [0.3, 0.4) is 0 Å². The minimum Gasteiger partial charge on any atom is -0.455 e. The number of nitrogens with one attached hydrogen (secondary N) is 2.